The summed E-state index contributed by atoms with van der Waals surface area (Å²) >= 11 is 0. The number of aryl methyl sites for hydroxylation is 3. The summed E-state index contributed by atoms with van der Waals surface area (Å²) in [7, 11) is 0. The predicted molar refractivity (Wildman–Crippen MR) is 123 cm³/mol. The highest BCUT2D eigenvalue weighted by Gasteiger charge is 2.22. The lowest BCUT2D eigenvalue weighted by Gasteiger charge is -2.20. The van der Waals surface area contributed by atoms with Crippen LogP contribution in [0.4, 0.5) is 0 Å². The second-order valence-corrected chi connectivity index (χ2v) is 7.82. The molecule has 0 saturated heterocycles. The van der Waals surface area contributed by atoms with Gasteiger partial charge in [-0.05, 0) is 67.3 Å². The molecule has 0 saturated carbocycles. The largest absolute Gasteiger partial charge is 0.354 e. The van der Waals surface area contributed by atoms with Crippen LogP contribution in [-0.2, 0) is 17.6 Å². The predicted octanol–water partition coefficient (Wildman–Crippen LogP) is 3.71. The van der Waals surface area contributed by atoms with Gasteiger partial charge in [-0.1, -0.05) is 36.4 Å². The molecule has 160 valence electrons. The summed E-state index contributed by atoms with van der Waals surface area (Å²) in [5.41, 5.74) is 5.77. The average molecular weight is 416 g/mol. The molecule has 0 aliphatic heterocycles. The maximum absolute atomic E-state index is 13.0. The molecule has 1 heterocycles. The van der Waals surface area contributed by atoms with Crippen molar-refractivity contribution in [3.63, 3.8) is 0 Å². The average Bonchev–Trinajstić information content (AvgIpc) is 2.77. The molecule has 0 aliphatic rings. The molecule has 1 aromatic heterocycles. The molecule has 2 aromatic carbocycles. The number of nitrogens with one attached hydrogen (secondary N) is 2. The van der Waals surface area contributed by atoms with Crippen molar-refractivity contribution in [3.05, 3.63) is 100 Å². The zero-order chi connectivity index (χ0) is 22.2. The molecule has 0 aliphatic carbocycles. The lowest BCUT2D eigenvalue weighted by Crippen LogP contribution is -2.48. The molecule has 5 nitrogen and oxygen atoms in total. The van der Waals surface area contributed by atoms with Gasteiger partial charge in [0.25, 0.3) is 5.91 Å². The Kier molecular flexibility index (Phi) is 7.55. The topological polar surface area (TPSA) is 71.1 Å². The van der Waals surface area contributed by atoms with Crippen molar-refractivity contribution in [2.45, 2.75) is 39.7 Å². The minimum absolute atomic E-state index is 0.198. The Bertz CT molecular complexity index is 1050. The van der Waals surface area contributed by atoms with E-state index in [4.69, 9.17) is 0 Å². The maximum atomic E-state index is 13.0. The quantitative estimate of drug-likeness (QED) is 0.589. The van der Waals surface area contributed by atoms with Crippen LogP contribution in [0.2, 0.25) is 0 Å². The normalized spacial score (nSPS) is 11.6. The van der Waals surface area contributed by atoms with Gasteiger partial charge in [0, 0.05) is 36.8 Å². The van der Waals surface area contributed by atoms with Crippen molar-refractivity contribution >= 4 is 11.8 Å². The second-order valence-electron chi connectivity index (χ2n) is 7.82. The number of benzene rings is 2. The first kappa shape index (κ1) is 22.2. The van der Waals surface area contributed by atoms with Gasteiger partial charge in [-0.25, -0.2) is 0 Å². The van der Waals surface area contributed by atoms with E-state index in [1.807, 2.05) is 75.4 Å². The summed E-state index contributed by atoms with van der Waals surface area (Å²) in [4.78, 5) is 30.2. The van der Waals surface area contributed by atoms with Gasteiger partial charge in [-0.3, -0.25) is 14.6 Å². The van der Waals surface area contributed by atoms with Gasteiger partial charge in [0.15, 0.2) is 0 Å². The molecular weight excluding hydrogens is 386 g/mol. The fourth-order valence-electron chi connectivity index (χ4n) is 3.38. The van der Waals surface area contributed by atoms with E-state index < -0.39 is 6.04 Å². The van der Waals surface area contributed by atoms with Crippen LogP contribution in [0.3, 0.4) is 0 Å². The zero-order valence-electron chi connectivity index (χ0n) is 18.3. The van der Waals surface area contributed by atoms with E-state index in [0.717, 1.165) is 27.9 Å². The number of carbonyl (C=O) groups is 2. The highest BCUT2D eigenvalue weighted by molar-refractivity contribution is 5.97. The van der Waals surface area contributed by atoms with E-state index in [9.17, 15) is 9.59 Å². The lowest BCUT2D eigenvalue weighted by molar-refractivity contribution is -0.122. The molecule has 0 bridgehead atoms. The number of aromatic nitrogens is 1. The fraction of sp³-hybridized carbons (Fsp3) is 0.269. The Morgan fingerprint density at radius 3 is 2.39 bits per heavy atom. The highest BCUT2D eigenvalue weighted by Crippen LogP contribution is 2.13. The number of hydrogen-bond acceptors (Lipinski definition) is 3. The van der Waals surface area contributed by atoms with Gasteiger partial charge >= 0.3 is 0 Å². The van der Waals surface area contributed by atoms with Crippen LogP contribution in [0.1, 0.15) is 38.3 Å². The summed E-state index contributed by atoms with van der Waals surface area (Å²) in [5, 5.41) is 5.89. The second kappa shape index (κ2) is 10.5. The fourth-order valence-corrected chi connectivity index (χ4v) is 3.38. The van der Waals surface area contributed by atoms with Crippen molar-refractivity contribution < 1.29 is 9.59 Å². The Labute approximate surface area is 183 Å². The summed E-state index contributed by atoms with van der Waals surface area (Å²) in [6.45, 7) is 6.45. The first-order valence-corrected chi connectivity index (χ1v) is 10.5. The SMILES string of the molecule is Cc1ccc(C(=O)NC(Cc2ccccc2C)C(=O)NCCc2ccccn2)cc1C. The number of hydrogen-bond donors (Lipinski definition) is 2. The molecule has 3 rings (SSSR count). The molecule has 31 heavy (non-hydrogen) atoms. The molecule has 0 radical (unpaired) electrons. The summed E-state index contributed by atoms with van der Waals surface area (Å²) in [5.74, 6) is -0.446. The van der Waals surface area contributed by atoms with E-state index in [1.54, 1.807) is 12.3 Å². The zero-order valence-corrected chi connectivity index (χ0v) is 18.3. The maximum Gasteiger partial charge on any atom is 0.251 e. The lowest BCUT2D eigenvalue weighted by atomic mass is 9.99. The van der Waals surface area contributed by atoms with Crippen molar-refractivity contribution in [1.29, 1.82) is 0 Å². The highest BCUT2D eigenvalue weighted by atomic mass is 16.2. The Hall–Kier alpha value is -3.47. The molecule has 1 unspecified atom stereocenters. The van der Waals surface area contributed by atoms with Crippen LogP contribution in [-0.4, -0.2) is 29.4 Å². The van der Waals surface area contributed by atoms with Gasteiger partial charge in [0.1, 0.15) is 6.04 Å². The monoisotopic (exact) mass is 415 g/mol. The number of rotatable bonds is 8. The third kappa shape index (κ3) is 6.25. The number of amides is 2. The minimum atomic E-state index is -0.668. The number of carbonyl (C=O) groups excluding carboxylic acids is 2. The molecule has 5 heteroatoms. The van der Waals surface area contributed by atoms with Gasteiger partial charge in [-0.2, -0.15) is 0 Å². The smallest absolute Gasteiger partial charge is 0.251 e. The Morgan fingerprint density at radius 2 is 1.68 bits per heavy atom. The first-order chi connectivity index (χ1) is 14.9. The van der Waals surface area contributed by atoms with E-state index in [2.05, 4.69) is 15.6 Å². The molecule has 0 fully saturated rings. The third-order valence-corrected chi connectivity index (χ3v) is 5.48. The standard InChI is InChI=1S/C26H29N3O2/c1-18-11-12-22(16-20(18)3)25(30)29-24(17-21-9-5-4-8-19(21)2)26(31)28-15-13-23-10-6-7-14-27-23/h4-12,14,16,24H,13,15,17H2,1-3H3,(H,28,31)(H,29,30). The van der Waals surface area contributed by atoms with Crippen molar-refractivity contribution in [1.82, 2.24) is 15.6 Å². The van der Waals surface area contributed by atoms with E-state index in [0.29, 0.717) is 24.9 Å². The van der Waals surface area contributed by atoms with Crippen molar-refractivity contribution in [3.8, 4) is 0 Å². The third-order valence-electron chi connectivity index (χ3n) is 5.48. The molecule has 2 amide bonds. The van der Waals surface area contributed by atoms with Crippen LogP contribution in [0, 0.1) is 20.8 Å². The van der Waals surface area contributed by atoms with Crippen LogP contribution in [0.25, 0.3) is 0 Å². The Morgan fingerprint density at radius 1 is 0.903 bits per heavy atom. The summed E-state index contributed by atoms with van der Waals surface area (Å²) in [6.07, 6.45) is 2.80. The van der Waals surface area contributed by atoms with Crippen molar-refractivity contribution in [2.24, 2.45) is 0 Å². The molecule has 0 spiro atoms. The first-order valence-electron chi connectivity index (χ1n) is 10.5. The summed E-state index contributed by atoms with van der Waals surface area (Å²) in [6, 6.07) is 18.5. The van der Waals surface area contributed by atoms with E-state index in [1.165, 1.54) is 0 Å². The van der Waals surface area contributed by atoms with Gasteiger partial charge in [0.2, 0.25) is 5.91 Å². The number of pyridine rings is 1. The number of nitrogens with zero attached hydrogens (tertiary/aromatic N) is 1. The summed E-state index contributed by atoms with van der Waals surface area (Å²) < 4.78 is 0. The van der Waals surface area contributed by atoms with E-state index in [-0.39, 0.29) is 11.8 Å². The van der Waals surface area contributed by atoms with Crippen LogP contribution in [0.5, 0.6) is 0 Å². The van der Waals surface area contributed by atoms with Gasteiger partial charge in [0.05, 0.1) is 0 Å². The van der Waals surface area contributed by atoms with Crippen LogP contribution >= 0.6 is 0 Å². The molecule has 3 aromatic rings. The van der Waals surface area contributed by atoms with Gasteiger partial charge < -0.3 is 10.6 Å². The van der Waals surface area contributed by atoms with Crippen LogP contribution < -0.4 is 10.6 Å². The van der Waals surface area contributed by atoms with Crippen molar-refractivity contribution in [2.75, 3.05) is 6.54 Å². The van der Waals surface area contributed by atoms with E-state index >= 15 is 0 Å². The van der Waals surface area contributed by atoms with Gasteiger partial charge in [-0.15, -0.1) is 0 Å². The van der Waals surface area contributed by atoms with Crippen LogP contribution in [0.15, 0.2) is 66.9 Å². The molecule has 1 atom stereocenters. The Balaban J connectivity index is 1.71. The molecular formula is C26H29N3O2. The minimum Gasteiger partial charge on any atom is -0.354 e. The molecule has 2 N–H and O–H groups in total.